The maximum absolute atomic E-state index is 12.4. The zero-order valence-corrected chi connectivity index (χ0v) is 18.1. The van der Waals surface area contributed by atoms with Crippen molar-refractivity contribution in [2.24, 2.45) is 0 Å². The summed E-state index contributed by atoms with van der Waals surface area (Å²) in [6.07, 6.45) is 2.99. The fourth-order valence-corrected chi connectivity index (χ4v) is 4.12. The lowest BCUT2D eigenvalue weighted by Gasteiger charge is -2.33. The Kier molecular flexibility index (Phi) is 7.30. The van der Waals surface area contributed by atoms with Crippen LogP contribution in [0.15, 0.2) is 58.3 Å². The van der Waals surface area contributed by atoms with Crippen molar-refractivity contribution in [3.63, 3.8) is 0 Å². The number of nitrogens with zero attached hydrogens (tertiary/aromatic N) is 3. The smallest absolute Gasteiger partial charge is 0.283 e. The molecular weight excluding hydrogens is 418 g/mol. The summed E-state index contributed by atoms with van der Waals surface area (Å²) in [5.41, 5.74) is 0.537. The monoisotopic (exact) mass is 441 g/mol. The Hall–Kier alpha value is -3.33. The first-order chi connectivity index (χ1) is 14.9. The second-order valence-electron chi connectivity index (χ2n) is 6.93. The normalized spacial score (nSPS) is 14.0. The van der Waals surface area contributed by atoms with Crippen molar-refractivity contribution in [2.75, 3.05) is 33.3 Å². The number of nitro groups is 1. The average Bonchev–Trinajstić information content (AvgIpc) is 2.78. The molecule has 1 saturated heterocycles. The lowest BCUT2D eigenvalue weighted by molar-refractivity contribution is -0.387. The van der Waals surface area contributed by atoms with Gasteiger partial charge in [-0.25, -0.2) is 0 Å². The summed E-state index contributed by atoms with van der Waals surface area (Å²) in [7, 11) is 1.57. The van der Waals surface area contributed by atoms with Gasteiger partial charge in [-0.3, -0.25) is 19.7 Å². The molecular formula is C22H23N3O5S. The molecule has 1 aliphatic heterocycles. The average molecular weight is 442 g/mol. The van der Waals surface area contributed by atoms with Crippen LogP contribution in [-0.4, -0.2) is 59.8 Å². The highest BCUT2D eigenvalue weighted by Gasteiger charge is 2.21. The van der Waals surface area contributed by atoms with Crippen LogP contribution in [0.3, 0.4) is 0 Å². The molecule has 1 heterocycles. The molecule has 9 heteroatoms. The van der Waals surface area contributed by atoms with Crippen LogP contribution in [0.25, 0.3) is 6.08 Å². The van der Waals surface area contributed by atoms with E-state index in [0.29, 0.717) is 42.4 Å². The lowest BCUT2D eigenvalue weighted by Crippen LogP contribution is -2.49. The highest BCUT2D eigenvalue weighted by Crippen LogP contribution is 2.36. The van der Waals surface area contributed by atoms with Crippen LogP contribution in [0.2, 0.25) is 0 Å². The molecule has 0 bridgehead atoms. The van der Waals surface area contributed by atoms with Crippen LogP contribution < -0.4 is 4.74 Å². The van der Waals surface area contributed by atoms with Gasteiger partial charge >= 0.3 is 0 Å². The van der Waals surface area contributed by atoms with E-state index in [9.17, 15) is 19.7 Å². The van der Waals surface area contributed by atoms with E-state index < -0.39 is 4.92 Å². The zero-order valence-electron chi connectivity index (χ0n) is 17.3. The quantitative estimate of drug-likeness (QED) is 0.387. The largest absolute Gasteiger partial charge is 0.497 e. The number of rotatable bonds is 6. The molecule has 0 aliphatic carbocycles. The Morgan fingerprint density at radius 2 is 1.81 bits per heavy atom. The van der Waals surface area contributed by atoms with Crippen molar-refractivity contribution >= 4 is 35.3 Å². The second-order valence-corrected chi connectivity index (χ2v) is 8.05. The topological polar surface area (TPSA) is 93.0 Å². The van der Waals surface area contributed by atoms with Gasteiger partial charge in [0.05, 0.1) is 16.9 Å². The van der Waals surface area contributed by atoms with E-state index in [1.54, 1.807) is 35.1 Å². The van der Waals surface area contributed by atoms with E-state index in [0.717, 1.165) is 4.90 Å². The molecule has 0 atom stereocenters. The van der Waals surface area contributed by atoms with Crippen molar-refractivity contribution in [2.45, 2.75) is 16.7 Å². The van der Waals surface area contributed by atoms with Gasteiger partial charge in [-0.2, -0.15) is 0 Å². The molecule has 2 aromatic rings. The van der Waals surface area contributed by atoms with E-state index >= 15 is 0 Å². The molecule has 0 radical (unpaired) electrons. The van der Waals surface area contributed by atoms with Crippen LogP contribution in [0, 0.1) is 10.1 Å². The molecule has 1 fully saturated rings. The fourth-order valence-electron chi connectivity index (χ4n) is 3.17. The summed E-state index contributed by atoms with van der Waals surface area (Å²) in [5, 5.41) is 11.6. The molecule has 0 unspecified atom stereocenters. The Bertz CT molecular complexity index is 1020. The molecule has 1 aliphatic rings. The molecule has 31 heavy (non-hydrogen) atoms. The summed E-state index contributed by atoms with van der Waals surface area (Å²) in [6, 6.07) is 12.2. The van der Waals surface area contributed by atoms with E-state index in [1.165, 1.54) is 30.8 Å². The van der Waals surface area contributed by atoms with Crippen molar-refractivity contribution < 1.29 is 19.2 Å². The first-order valence-electron chi connectivity index (χ1n) is 9.70. The van der Waals surface area contributed by atoms with Gasteiger partial charge in [-0.1, -0.05) is 23.9 Å². The predicted molar refractivity (Wildman–Crippen MR) is 118 cm³/mol. The number of ether oxygens (including phenoxy) is 1. The molecule has 162 valence electrons. The Balaban J connectivity index is 1.71. The SMILES string of the molecule is COc1cccc(Sc2ccc(/C=C/C(=O)N3CCN(C(C)=O)CC3)cc2[N+](=O)[O-])c1. The maximum atomic E-state index is 12.4. The second kappa shape index (κ2) is 10.1. The van der Waals surface area contributed by atoms with Gasteiger partial charge in [0.25, 0.3) is 5.69 Å². The van der Waals surface area contributed by atoms with Crippen LogP contribution in [0.1, 0.15) is 12.5 Å². The number of methoxy groups -OCH3 is 1. The number of piperazine rings is 1. The molecule has 0 spiro atoms. The minimum absolute atomic E-state index is 0.00172. The maximum Gasteiger partial charge on any atom is 0.283 e. The highest BCUT2D eigenvalue weighted by molar-refractivity contribution is 7.99. The summed E-state index contributed by atoms with van der Waals surface area (Å²) >= 11 is 1.28. The minimum Gasteiger partial charge on any atom is -0.497 e. The summed E-state index contributed by atoms with van der Waals surface area (Å²) in [6.45, 7) is 3.48. The Labute approximate surface area is 184 Å². The molecule has 2 aromatic carbocycles. The third-order valence-electron chi connectivity index (χ3n) is 4.90. The van der Waals surface area contributed by atoms with E-state index in [1.807, 2.05) is 24.3 Å². The van der Waals surface area contributed by atoms with Gasteiger partial charge in [0, 0.05) is 50.1 Å². The highest BCUT2D eigenvalue weighted by atomic mass is 32.2. The molecule has 2 amide bonds. The molecule has 8 nitrogen and oxygen atoms in total. The molecule has 3 rings (SSSR count). The minimum atomic E-state index is -0.428. The molecule has 0 saturated carbocycles. The van der Waals surface area contributed by atoms with Crippen LogP contribution in [-0.2, 0) is 9.59 Å². The number of carbonyl (C=O) groups excluding carboxylic acids is 2. The van der Waals surface area contributed by atoms with Crippen LogP contribution >= 0.6 is 11.8 Å². The fraction of sp³-hybridized carbons (Fsp3) is 0.273. The summed E-state index contributed by atoms with van der Waals surface area (Å²) in [5.74, 6) is 0.498. The molecule has 0 N–H and O–H groups in total. The van der Waals surface area contributed by atoms with Gasteiger partial charge in [-0.15, -0.1) is 0 Å². The van der Waals surface area contributed by atoms with Crippen LogP contribution in [0.4, 0.5) is 5.69 Å². The first-order valence-corrected chi connectivity index (χ1v) is 10.5. The van der Waals surface area contributed by atoms with E-state index in [4.69, 9.17) is 4.74 Å². The summed E-state index contributed by atoms with van der Waals surface area (Å²) in [4.78, 5) is 39.7. The first kappa shape index (κ1) is 22.4. The van der Waals surface area contributed by atoms with Crippen molar-refractivity contribution in [3.8, 4) is 5.75 Å². The van der Waals surface area contributed by atoms with Crippen molar-refractivity contribution in [1.29, 1.82) is 0 Å². The van der Waals surface area contributed by atoms with Gasteiger partial charge in [0.1, 0.15) is 5.75 Å². The third-order valence-corrected chi connectivity index (χ3v) is 5.96. The number of benzene rings is 2. The predicted octanol–water partition coefficient (Wildman–Crippen LogP) is 3.46. The summed E-state index contributed by atoms with van der Waals surface area (Å²) < 4.78 is 5.20. The number of hydrogen-bond donors (Lipinski definition) is 0. The van der Waals surface area contributed by atoms with Gasteiger partial charge in [-0.05, 0) is 35.9 Å². The number of hydrogen-bond acceptors (Lipinski definition) is 6. The van der Waals surface area contributed by atoms with E-state index in [-0.39, 0.29) is 17.5 Å². The Morgan fingerprint density at radius 1 is 1.10 bits per heavy atom. The van der Waals surface area contributed by atoms with Crippen molar-refractivity contribution in [1.82, 2.24) is 9.80 Å². The van der Waals surface area contributed by atoms with Crippen molar-refractivity contribution in [3.05, 3.63) is 64.2 Å². The lowest BCUT2D eigenvalue weighted by atomic mass is 10.2. The van der Waals surface area contributed by atoms with E-state index in [2.05, 4.69) is 0 Å². The number of amides is 2. The van der Waals surface area contributed by atoms with Gasteiger partial charge < -0.3 is 14.5 Å². The van der Waals surface area contributed by atoms with Crippen LogP contribution in [0.5, 0.6) is 5.75 Å². The molecule has 0 aromatic heterocycles. The standard InChI is InChI=1S/C22H23N3O5S/c1-16(26)23-10-12-24(13-11-23)22(27)9-7-17-6-8-21(20(14-17)25(28)29)31-19-5-3-4-18(15-19)30-2/h3-9,14-15H,10-13H2,1-2H3/b9-7+. The zero-order chi connectivity index (χ0) is 22.4. The van der Waals surface area contributed by atoms with Gasteiger partial charge in [0.15, 0.2) is 0 Å². The van der Waals surface area contributed by atoms with Gasteiger partial charge in [0.2, 0.25) is 11.8 Å². The Morgan fingerprint density at radius 3 is 2.45 bits per heavy atom. The number of carbonyl (C=O) groups is 2. The third kappa shape index (κ3) is 5.85. The number of nitro benzene ring substituents is 1.